The predicted molar refractivity (Wildman–Crippen MR) is 272 cm³/mol. The molecule has 0 atom stereocenters. The highest BCUT2D eigenvalue weighted by Gasteiger charge is 2.25. The van der Waals surface area contributed by atoms with Crippen LogP contribution in [-0.4, -0.2) is 4.57 Å². The smallest absolute Gasteiger partial charge is 0.0619 e. The molecule has 0 aliphatic carbocycles. The molecule has 1 heterocycles. The first-order chi connectivity index (χ1) is 31.8. The molecule has 1 aromatic heterocycles. The summed E-state index contributed by atoms with van der Waals surface area (Å²) in [5.74, 6) is 0. The Bertz CT molecular complexity index is 3620. The van der Waals surface area contributed by atoms with E-state index >= 15 is 0 Å². The molecule has 0 saturated carbocycles. The number of hydrogen-bond donors (Lipinski definition) is 0. The van der Waals surface area contributed by atoms with Crippen molar-refractivity contribution in [3.05, 3.63) is 255 Å². The fourth-order valence-corrected chi connectivity index (χ4v) is 9.78. The summed E-state index contributed by atoms with van der Waals surface area (Å²) in [5, 5.41) is 7.18. The van der Waals surface area contributed by atoms with Gasteiger partial charge in [-0.3, -0.25) is 0 Å². The summed E-state index contributed by atoms with van der Waals surface area (Å²) in [5.41, 5.74) is 16.4. The number of rotatable bonds is 8. The topological polar surface area (TPSA) is 8.17 Å². The third-order valence-electron chi connectivity index (χ3n) is 12.7. The van der Waals surface area contributed by atoms with Gasteiger partial charge in [0.05, 0.1) is 16.7 Å². The second-order valence-electron chi connectivity index (χ2n) is 16.5. The monoisotopic (exact) mass is 814 g/mol. The lowest BCUT2D eigenvalue weighted by Gasteiger charge is -2.30. The molecule has 11 aromatic carbocycles. The number of fused-ring (bicyclic) bond motifs is 5. The molecule has 0 aliphatic rings. The molecule has 64 heavy (non-hydrogen) atoms. The van der Waals surface area contributed by atoms with Gasteiger partial charge in [-0.05, 0) is 116 Å². The average Bonchev–Trinajstić information content (AvgIpc) is 3.71. The lowest BCUT2D eigenvalue weighted by atomic mass is 9.86. The van der Waals surface area contributed by atoms with Crippen LogP contribution < -0.4 is 4.90 Å². The van der Waals surface area contributed by atoms with Crippen LogP contribution in [0.4, 0.5) is 17.1 Å². The van der Waals surface area contributed by atoms with Crippen LogP contribution in [0.5, 0.6) is 0 Å². The number of anilines is 3. The number of hydrogen-bond acceptors (Lipinski definition) is 1. The lowest BCUT2D eigenvalue weighted by molar-refractivity contribution is 1.18. The molecule has 12 aromatic rings. The summed E-state index contributed by atoms with van der Waals surface area (Å²) in [6.45, 7) is 0. The van der Waals surface area contributed by atoms with E-state index in [-0.39, 0.29) is 0 Å². The Morgan fingerprint density at radius 3 is 1.36 bits per heavy atom. The van der Waals surface area contributed by atoms with Crippen LogP contribution in [0.1, 0.15) is 0 Å². The number of aromatic nitrogens is 1. The van der Waals surface area contributed by atoms with Crippen LogP contribution >= 0.6 is 0 Å². The highest BCUT2D eigenvalue weighted by atomic mass is 15.1. The first kappa shape index (κ1) is 37.3. The van der Waals surface area contributed by atoms with Crippen LogP contribution in [0.15, 0.2) is 255 Å². The van der Waals surface area contributed by atoms with Gasteiger partial charge in [0.25, 0.3) is 0 Å². The average molecular weight is 815 g/mol. The van der Waals surface area contributed by atoms with Gasteiger partial charge in [-0.15, -0.1) is 0 Å². The largest absolute Gasteiger partial charge is 0.309 e. The Balaban J connectivity index is 1.19. The summed E-state index contributed by atoms with van der Waals surface area (Å²) in [6.07, 6.45) is 0. The molecular formula is C62H42N2. The number of nitrogens with zero attached hydrogens (tertiary/aromatic N) is 2. The summed E-state index contributed by atoms with van der Waals surface area (Å²) < 4.78 is 2.39. The maximum absolute atomic E-state index is 2.50. The van der Waals surface area contributed by atoms with Gasteiger partial charge in [0, 0.05) is 38.6 Å². The van der Waals surface area contributed by atoms with Gasteiger partial charge in [-0.2, -0.15) is 0 Å². The highest BCUT2D eigenvalue weighted by molar-refractivity contribution is 6.24. The standard InChI is InChI=1S/C62H42N2/c1-6-18-43(19-7-1)46-30-32-47(33-31-46)61-54-37-34-49(45-22-10-3-11-23-45)41-58(54)62(55-38-35-48(40-57(55)61)44-20-8-2-9-21-44)63(50-24-12-4-13-25-50)52-36-39-60-56(42-52)53-28-16-17-29-59(53)64(60)51-26-14-5-15-27-51/h1-42H. The zero-order valence-corrected chi connectivity index (χ0v) is 35.1. The fraction of sp³-hybridized carbons (Fsp3) is 0. The molecule has 2 heteroatoms. The van der Waals surface area contributed by atoms with Crippen molar-refractivity contribution in [2.45, 2.75) is 0 Å². The van der Waals surface area contributed by atoms with Crippen molar-refractivity contribution >= 4 is 60.4 Å². The first-order valence-corrected chi connectivity index (χ1v) is 22.0. The molecule has 0 unspecified atom stereocenters. The van der Waals surface area contributed by atoms with E-state index in [1.807, 2.05) is 0 Å². The first-order valence-electron chi connectivity index (χ1n) is 22.0. The SMILES string of the molecule is c1ccc(-c2ccc(-c3c4cc(-c5ccccc5)ccc4c(N(c4ccccc4)c4ccc5c(c4)c4ccccc4n5-c4ccccc4)c4cc(-c5ccccc5)ccc34)cc2)cc1. The Morgan fingerprint density at radius 1 is 0.250 bits per heavy atom. The summed E-state index contributed by atoms with van der Waals surface area (Å²) in [6, 6.07) is 92.9. The predicted octanol–water partition coefficient (Wildman–Crippen LogP) is 17.2. The minimum Gasteiger partial charge on any atom is -0.309 e. The maximum Gasteiger partial charge on any atom is 0.0619 e. The Morgan fingerprint density at radius 2 is 0.719 bits per heavy atom. The van der Waals surface area contributed by atoms with E-state index in [4.69, 9.17) is 0 Å². The van der Waals surface area contributed by atoms with E-state index in [0.29, 0.717) is 0 Å². The van der Waals surface area contributed by atoms with E-state index in [9.17, 15) is 0 Å². The minimum absolute atomic E-state index is 1.09. The highest BCUT2D eigenvalue weighted by Crippen LogP contribution is 2.50. The zero-order valence-electron chi connectivity index (χ0n) is 35.1. The molecule has 0 radical (unpaired) electrons. The van der Waals surface area contributed by atoms with Gasteiger partial charge in [-0.25, -0.2) is 0 Å². The summed E-state index contributed by atoms with van der Waals surface area (Å²) >= 11 is 0. The molecule has 0 bridgehead atoms. The molecule has 0 N–H and O–H groups in total. The Kier molecular flexibility index (Phi) is 9.20. The van der Waals surface area contributed by atoms with Crippen LogP contribution in [0.3, 0.4) is 0 Å². The van der Waals surface area contributed by atoms with E-state index in [2.05, 4.69) is 264 Å². The normalized spacial score (nSPS) is 11.4. The summed E-state index contributed by atoms with van der Waals surface area (Å²) in [7, 11) is 0. The van der Waals surface area contributed by atoms with Gasteiger partial charge in [0.15, 0.2) is 0 Å². The number of para-hydroxylation sites is 3. The second kappa shape index (κ2) is 15.8. The molecule has 0 saturated heterocycles. The van der Waals surface area contributed by atoms with Crippen molar-refractivity contribution in [1.29, 1.82) is 0 Å². The van der Waals surface area contributed by atoms with Crippen LogP contribution in [0.2, 0.25) is 0 Å². The Hall–Kier alpha value is -8.46. The zero-order chi connectivity index (χ0) is 42.4. The van der Waals surface area contributed by atoms with Crippen LogP contribution in [0, 0.1) is 0 Å². The van der Waals surface area contributed by atoms with Gasteiger partial charge in [-0.1, -0.05) is 194 Å². The van der Waals surface area contributed by atoms with Crippen LogP contribution in [-0.2, 0) is 0 Å². The van der Waals surface area contributed by atoms with Crippen molar-refractivity contribution < 1.29 is 0 Å². The van der Waals surface area contributed by atoms with E-state index in [1.165, 1.54) is 87.9 Å². The van der Waals surface area contributed by atoms with Gasteiger partial charge < -0.3 is 9.47 Å². The molecular weight excluding hydrogens is 773 g/mol. The Labute approximate surface area is 373 Å². The fourth-order valence-electron chi connectivity index (χ4n) is 9.78. The number of benzene rings is 11. The molecule has 0 amide bonds. The molecule has 0 spiro atoms. The van der Waals surface area contributed by atoms with Crippen molar-refractivity contribution in [3.8, 4) is 50.2 Å². The van der Waals surface area contributed by atoms with Crippen molar-refractivity contribution in [1.82, 2.24) is 4.57 Å². The van der Waals surface area contributed by atoms with E-state index < -0.39 is 0 Å². The van der Waals surface area contributed by atoms with E-state index in [1.54, 1.807) is 0 Å². The lowest BCUT2D eigenvalue weighted by Crippen LogP contribution is -2.11. The van der Waals surface area contributed by atoms with E-state index in [0.717, 1.165) is 22.7 Å². The van der Waals surface area contributed by atoms with Crippen LogP contribution in [0.25, 0.3) is 93.5 Å². The summed E-state index contributed by atoms with van der Waals surface area (Å²) in [4.78, 5) is 2.50. The molecule has 300 valence electrons. The molecule has 2 nitrogen and oxygen atoms in total. The molecule has 0 fully saturated rings. The van der Waals surface area contributed by atoms with Crippen molar-refractivity contribution in [2.75, 3.05) is 4.90 Å². The van der Waals surface area contributed by atoms with Gasteiger partial charge in [0.1, 0.15) is 0 Å². The van der Waals surface area contributed by atoms with Crippen molar-refractivity contribution in [2.24, 2.45) is 0 Å². The van der Waals surface area contributed by atoms with Gasteiger partial charge in [0.2, 0.25) is 0 Å². The minimum atomic E-state index is 1.09. The second-order valence-corrected chi connectivity index (χ2v) is 16.5. The quantitative estimate of drug-likeness (QED) is 0.139. The molecule has 0 aliphatic heterocycles. The third-order valence-corrected chi connectivity index (χ3v) is 12.7. The maximum atomic E-state index is 2.50. The van der Waals surface area contributed by atoms with Crippen molar-refractivity contribution in [3.63, 3.8) is 0 Å². The third kappa shape index (κ3) is 6.44. The molecule has 12 rings (SSSR count). The van der Waals surface area contributed by atoms with Gasteiger partial charge >= 0.3 is 0 Å².